The molecule has 0 unspecified atom stereocenters. The van der Waals surface area contributed by atoms with Gasteiger partial charge in [-0.1, -0.05) is 18.2 Å². The van der Waals surface area contributed by atoms with Crippen molar-refractivity contribution in [3.8, 4) is 11.5 Å². The van der Waals surface area contributed by atoms with Crippen molar-refractivity contribution in [1.29, 1.82) is 0 Å². The Balaban J connectivity index is 1.75. The number of esters is 9. The molecule has 2 aromatic carbocycles. The van der Waals surface area contributed by atoms with Crippen LogP contribution < -0.4 is 9.47 Å². The van der Waals surface area contributed by atoms with E-state index in [2.05, 4.69) is 0 Å². The average Bonchev–Trinajstić information content (AvgIpc) is 3.30. The summed E-state index contributed by atoms with van der Waals surface area (Å²) in [6.07, 6.45) is -25.7. The summed E-state index contributed by atoms with van der Waals surface area (Å²) in [6, 6.07) is 13.8. The minimum Gasteiger partial charge on any atom is -0.497 e. The first-order valence-corrected chi connectivity index (χ1v) is 22.7. The van der Waals surface area contributed by atoms with Crippen molar-refractivity contribution < 1.29 is 119 Å². The van der Waals surface area contributed by atoms with Crippen LogP contribution in [0, 0.1) is 0 Å². The number of benzene rings is 2. The first-order chi connectivity index (χ1) is 34.5. The van der Waals surface area contributed by atoms with Crippen LogP contribution in [-0.4, -0.2) is 166 Å². The Morgan fingerprint density at radius 3 is 1.30 bits per heavy atom. The SMILES string of the molecule is COc1ccc(O[C@@H]2O[C@H](COC(=O)c3ccccc3)[C@H](OC(C)=O)[C@H](O[C@@H]3O[C@H](COC(C)=O)[C@@H](OC(C)=O)[C@H](OC(C)=O)[C@H]3OC(C)=O)[C@H]2O[C@@H]2O[C@@H](C)[C@H](OC(C)=O)[C@@H](OC(C)=O)[C@H]2OC(C)=O)cc1. The van der Waals surface area contributed by atoms with Gasteiger partial charge in [-0.05, 0) is 43.3 Å². The molecule has 3 fully saturated rings. The van der Waals surface area contributed by atoms with Gasteiger partial charge >= 0.3 is 53.7 Å². The number of hydrogen-bond donors (Lipinski definition) is 0. The van der Waals surface area contributed by atoms with Crippen molar-refractivity contribution in [3.63, 3.8) is 0 Å². The molecular formula is C48H58O25. The molecule has 3 heterocycles. The Labute approximate surface area is 418 Å². The van der Waals surface area contributed by atoms with Crippen molar-refractivity contribution in [2.45, 2.75) is 154 Å². The molecule has 0 N–H and O–H groups in total. The minimum atomic E-state index is -2.01. The fourth-order valence-electron chi connectivity index (χ4n) is 8.03. The van der Waals surface area contributed by atoms with Crippen LogP contribution in [0.5, 0.6) is 11.5 Å². The summed E-state index contributed by atoms with van der Waals surface area (Å²) < 4.78 is 94.7. The van der Waals surface area contributed by atoms with Gasteiger partial charge in [0.2, 0.25) is 6.29 Å². The molecule has 0 spiro atoms. The summed E-state index contributed by atoms with van der Waals surface area (Å²) in [6.45, 7) is 8.31. The van der Waals surface area contributed by atoms with E-state index in [4.69, 9.17) is 75.8 Å². The second kappa shape index (κ2) is 26.1. The number of carbonyl (C=O) groups excluding carboxylic acids is 9. The van der Waals surface area contributed by atoms with Crippen molar-refractivity contribution in [2.24, 2.45) is 0 Å². The summed E-state index contributed by atoms with van der Waals surface area (Å²) >= 11 is 0. The highest BCUT2D eigenvalue weighted by Gasteiger charge is 2.60. The zero-order valence-electron chi connectivity index (χ0n) is 41.5. The van der Waals surface area contributed by atoms with Gasteiger partial charge in [0.15, 0.2) is 61.4 Å². The molecule has 0 radical (unpaired) electrons. The molecule has 15 atom stereocenters. The second-order valence-electron chi connectivity index (χ2n) is 16.6. The van der Waals surface area contributed by atoms with Gasteiger partial charge in [0.05, 0.1) is 18.8 Å². The van der Waals surface area contributed by atoms with Crippen LogP contribution in [0.15, 0.2) is 54.6 Å². The minimum absolute atomic E-state index is 0.0681. The van der Waals surface area contributed by atoms with E-state index in [1.54, 1.807) is 18.2 Å². The van der Waals surface area contributed by atoms with E-state index < -0.39 is 159 Å². The van der Waals surface area contributed by atoms with Crippen molar-refractivity contribution in [3.05, 3.63) is 60.2 Å². The molecule has 0 aliphatic carbocycles. The summed E-state index contributed by atoms with van der Waals surface area (Å²) in [7, 11) is 1.43. The normalized spacial score (nSPS) is 29.6. The predicted molar refractivity (Wildman–Crippen MR) is 237 cm³/mol. The van der Waals surface area contributed by atoms with Crippen LogP contribution in [0.4, 0.5) is 0 Å². The Hall–Kier alpha value is -6.93. The largest absolute Gasteiger partial charge is 0.497 e. The van der Waals surface area contributed by atoms with E-state index in [0.29, 0.717) is 5.75 Å². The molecule has 5 rings (SSSR count). The van der Waals surface area contributed by atoms with E-state index in [0.717, 1.165) is 55.4 Å². The Kier molecular flexibility index (Phi) is 20.4. The van der Waals surface area contributed by atoms with Gasteiger partial charge in [0.25, 0.3) is 0 Å². The number of carbonyl (C=O) groups is 9. The molecule has 0 aromatic heterocycles. The number of ether oxygens (including phenoxy) is 16. The lowest BCUT2D eigenvalue weighted by atomic mass is 9.95. The van der Waals surface area contributed by atoms with Crippen LogP contribution in [-0.2, 0) is 105 Å². The molecule has 73 heavy (non-hydrogen) atoms. The lowest BCUT2D eigenvalue weighted by Crippen LogP contribution is -2.69. The van der Waals surface area contributed by atoms with E-state index in [-0.39, 0.29) is 11.3 Å². The lowest BCUT2D eigenvalue weighted by Gasteiger charge is -2.50. The third-order valence-corrected chi connectivity index (χ3v) is 10.8. The van der Waals surface area contributed by atoms with Gasteiger partial charge in [-0.3, -0.25) is 38.4 Å². The van der Waals surface area contributed by atoms with Crippen molar-refractivity contribution >= 4 is 53.7 Å². The van der Waals surface area contributed by atoms with Crippen LogP contribution in [0.3, 0.4) is 0 Å². The quantitative estimate of drug-likeness (QED) is 0.143. The van der Waals surface area contributed by atoms with Crippen molar-refractivity contribution in [2.75, 3.05) is 20.3 Å². The molecular weight excluding hydrogens is 977 g/mol. The molecule has 25 heteroatoms. The molecule has 3 aliphatic rings. The molecule has 2 aromatic rings. The van der Waals surface area contributed by atoms with E-state index >= 15 is 0 Å². The monoisotopic (exact) mass is 1030 g/mol. The first-order valence-electron chi connectivity index (χ1n) is 22.7. The number of hydrogen-bond acceptors (Lipinski definition) is 25. The highest BCUT2D eigenvalue weighted by molar-refractivity contribution is 5.89. The maximum Gasteiger partial charge on any atom is 0.338 e. The van der Waals surface area contributed by atoms with Crippen molar-refractivity contribution in [1.82, 2.24) is 0 Å². The number of methoxy groups -OCH3 is 1. The summed E-state index contributed by atoms with van der Waals surface area (Å²) in [5, 5.41) is 0. The molecule has 25 nitrogen and oxygen atoms in total. The standard InChI is InChI=1S/C48H58O25/c1-22-36(62-24(3)50)39(65-27(6)53)42(67-29(8)55)46(61-22)73-44-41(72-48-43(68-30(9)56)40(66-28(7)54)37(63-25(4)51)34(71-48)20-59-23(2)49)38(64-26(5)52)35(21-60-45(57)31-14-12-11-13-15-31)70-47(44)69-33-18-16-32(58-10)17-19-33/h11-19,22,34-44,46-48H,20-21H2,1-10H3/t22-,34+,35+,36-,37+,38-,39+,40-,41-,42+,43+,44+,46-,47+,48-/m0/s1. The average molecular weight is 1030 g/mol. The van der Waals surface area contributed by atoms with Gasteiger partial charge in [0.1, 0.15) is 43.0 Å². The van der Waals surface area contributed by atoms with E-state index in [9.17, 15) is 43.2 Å². The molecule has 0 bridgehead atoms. The van der Waals surface area contributed by atoms with Gasteiger partial charge in [-0.15, -0.1) is 0 Å². The summed E-state index contributed by atoms with van der Waals surface area (Å²) in [5.74, 6) is -7.75. The smallest absolute Gasteiger partial charge is 0.338 e. The fourth-order valence-corrected chi connectivity index (χ4v) is 8.03. The van der Waals surface area contributed by atoms with Crippen LogP contribution >= 0.6 is 0 Å². The third-order valence-electron chi connectivity index (χ3n) is 10.8. The summed E-state index contributed by atoms with van der Waals surface area (Å²) in [4.78, 5) is 115. The Morgan fingerprint density at radius 2 is 0.808 bits per heavy atom. The fraction of sp³-hybridized carbons (Fsp3) is 0.562. The second-order valence-corrected chi connectivity index (χ2v) is 16.6. The third kappa shape index (κ3) is 16.0. The Bertz CT molecular complexity index is 2270. The highest BCUT2D eigenvalue weighted by atomic mass is 16.8. The van der Waals surface area contributed by atoms with Gasteiger partial charge in [0, 0.05) is 55.4 Å². The van der Waals surface area contributed by atoms with Crippen LogP contribution in [0.2, 0.25) is 0 Å². The first kappa shape index (κ1) is 57.0. The highest BCUT2D eigenvalue weighted by Crippen LogP contribution is 2.39. The van der Waals surface area contributed by atoms with Gasteiger partial charge in [-0.2, -0.15) is 0 Å². The summed E-state index contributed by atoms with van der Waals surface area (Å²) in [5.41, 5.74) is 0.120. The molecule has 0 saturated carbocycles. The molecule has 3 aliphatic heterocycles. The molecule has 0 amide bonds. The van der Waals surface area contributed by atoms with E-state index in [1.807, 2.05) is 0 Å². The predicted octanol–water partition coefficient (Wildman–Crippen LogP) is 1.98. The van der Waals surface area contributed by atoms with Gasteiger partial charge in [-0.25, -0.2) is 4.79 Å². The van der Waals surface area contributed by atoms with Gasteiger partial charge < -0.3 is 75.8 Å². The maximum atomic E-state index is 13.5. The van der Waals surface area contributed by atoms with Crippen LogP contribution in [0.1, 0.15) is 72.7 Å². The zero-order valence-corrected chi connectivity index (χ0v) is 41.5. The van der Waals surface area contributed by atoms with Crippen LogP contribution in [0.25, 0.3) is 0 Å². The lowest BCUT2D eigenvalue weighted by molar-refractivity contribution is -0.383. The zero-order chi connectivity index (χ0) is 53.7. The van der Waals surface area contributed by atoms with E-state index in [1.165, 1.54) is 50.4 Å². The molecule has 3 saturated heterocycles. The Morgan fingerprint density at radius 1 is 0.411 bits per heavy atom. The topological polar surface area (TPSA) is 301 Å². The number of rotatable bonds is 19. The maximum absolute atomic E-state index is 13.5. The molecule has 400 valence electrons.